The summed E-state index contributed by atoms with van der Waals surface area (Å²) in [5.41, 5.74) is -1.26. The fraction of sp³-hybridized carbons (Fsp3) is 0.423. The van der Waals surface area contributed by atoms with Crippen molar-refractivity contribution >= 4 is 22.9 Å². The summed E-state index contributed by atoms with van der Waals surface area (Å²) in [6, 6.07) is 6.77. The molecule has 0 bridgehead atoms. The number of amides is 1. The summed E-state index contributed by atoms with van der Waals surface area (Å²) in [4.78, 5) is 55.6. The van der Waals surface area contributed by atoms with E-state index in [0.717, 1.165) is 16.8 Å². The van der Waals surface area contributed by atoms with Crippen LogP contribution in [0.4, 0.5) is 4.39 Å². The number of hydrogen-bond acceptors (Lipinski definition) is 6. The highest BCUT2D eigenvalue weighted by molar-refractivity contribution is 5.90. The number of nitrogens with one attached hydrogen (secondary N) is 1. The molecule has 2 heterocycles. The van der Waals surface area contributed by atoms with Gasteiger partial charge in [0.1, 0.15) is 5.82 Å². The molecular weight excluding hydrogens is 467 g/mol. The second-order valence-corrected chi connectivity index (χ2v) is 10.1. The van der Waals surface area contributed by atoms with Gasteiger partial charge in [0.2, 0.25) is 5.91 Å². The second kappa shape index (κ2) is 9.67. The molecule has 1 aromatic carbocycles. The van der Waals surface area contributed by atoms with Gasteiger partial charge in [-0.2, -0.15) is 0 Å². The van der Waals surface area contributed by atoms with Crippen molar-refractivity contribution in [1.29, 1.82) is 0 Å². The lowest BCUT2D eigenvalue weighted by molar-refractivity contribution is -0.129. The van der Waals surface area contributed by atoms with E-state index in [-0.39, 0.29) is 28.5 Å². The topological polar surface area (TPSA) is 112 Å². The minimum Gasteiger partial charge on any atom is -0.465 e. The normalized spacial score (nSPS) is 18.1. The molecule has 0 atom stereocenters. The summed E-state index contributed by atoms with van der Waals surface area (Å²) in [6.07, 6.45) is 3.10. The van der Waals surface area contributed by atoms with Gasteiger partial charge in [0.05, 0.1) is 29.9 Å². The van der Waals surface area contributed by atoms with Crippen molar-refractivity contribution in [1.82, 2.24) is 19.4 Å². The molecule has 36 heavy (non-hydrogen) atoms. The van der Waals surface area contributed by atoms with Gasteiger partial charge in [0, 0.05) is 17.5 Å². The van der Waals surface area contributed by atoms with E-state index < -0.39 is 34.5 Å². The first-order valence-electron chi connectivity index (χ1n) is 11.8. The number of halogens is 1. The molecule has 1 N–H and O–H groups in total. The van der Waals surface area contributed by atoms with E-state index in [4.69, 9.17) is 4.74 Å². The molecule has 0 unspecified atom stereocenters. The van der Waals surface area contributed by atoms with Gasteiger partial charge in [-0.15, -0.1) is 0 Å². The summed E-state index contributed by atoms with van der Waals surface area (Å²) in [5, 5.41) is 3.00. The summed E-state index contributed by atoms with van der Waals surface area (Å²) in [5.74, 6) is -1.34. The Hall–Kier alpha value is -3.82. The molecule has 1 aliphatic carbocycles. The lowest BCUT2D eigenvalue weighted by atomic mass is 9.89. The van der Waals surface area contributed by atoms with Crippen LogP contribution in [-0.4, -0.2) is 39.1 Å². The van der Waals surface area contributed by atoms with Crippen LogP contribution in [-0.2, 0) is 9.53 Å². The van der Waals surface area contributed by atoms with Crippen LogP contribution < -0.4 is 16.6 Å². The van der Waals surface area contributed by atoms with Crippen molar-refractivity contribution in [2.24, 2.45) is 5.41 Å². The zero-order valence-corrected chi connectivity index (χ0v) is 20.7. The number of aromatic nitrogens is 3. The fourth-order valence-corrected chi connectivity index (χ4v) is 4.51. The lowest BCUT2D eigenvalue weighted by Gasteiger charge is -2.32. The molecule has 190 valence electrons. The van der Waals surface area contributed by atoms with E-state index in [1.165, 1.54) is 17.7 Å². The number of rotatable bonds is 4. The molecule has 9 nitrogen and oxygen atoms in total. The number of fused-ring (bicyclic) bond motifs is 1. The molecule has 1 aliphatic rings. The summed E-state index contributed by atoms with van der Waals surface area (Å²) in [6.45, 7) is 5.52. The molecule has 2 aromatic heterocycles. The average molecular weight is 497 g/mol. The van der Waals surface area contributed by atoms with Gasteiger partial charge in [-0.3, -0.25) is 14.2 Å². The van der Waals surface area contributed by atoms with Gasteiger partial charge in [0.15, 0.2) is 5.65 Å². The predicted octanol–water partition coefficient (Wildman–Crippen LogP) is 3.12. The van der Waals surface area contributed by atoms with E-state index in [2.05, 4.69) is 10.3 Å². The number of carbonyl (C=O) groups excluding carboxylic acids is 2. The molecule has 10 heteroatoms. The van der Waals surface area contributed by atoms with E-state index >= 15 is 0 Å². The van der Waals surface area contributed by atoms with Crippen LogP contribution in [0.5, 0.6) is 0 Å². The number of esters is 1. The largest absolute Gasteiger partial charge is 0.465 e. The Balaban J connectivity index is 1.78. The van der Waals surface area contributed by atoms with Crippen LogP contribution >= 0.6 is 0 Å². The highest BCUT2D eigenvalue weighted by Crippen LogP contribution is 2.28. The average Bonchev–Trinajstić information content (AvgIpc) is 2.84. The molecule has 3 aromatic rings. The molecule has 0 aliphatic heterocycles. The molecule has 0 spiro atoms. The Morgan fingerprint density at radius 2 is 1.81 bits per heavy atom. The van der Waals surface area contributed by atoms with Crippen LogP contribution in [0.2, 0.25) is 0 Å². The molecular formula is C26H29FN4O5. The van der Waals surface area contributed by atoms with Gasteiger partial charge in [-0.05, 0) is 49.9 Å². The van der Waals surface area contributed by atoms with Crippen LogP contribution in [0, 0.1) is 11.2 Å². The number of methoxy groups -OCH3 is 1. The Kier molecular flexibility index (Phi) is 6.79. The Bertz CT molecular complexity index is 1450. The van der Waals surface area contributed by atoms with E-state index in [9.17, 15) is 23.6 Å². The SMILES string of the molecule is COC(=O)c1cccc(-n2c(=O)n([C@H]3CC[C@@H](NC(=O)C(C)(C)C)CC3)c(=O)c3cc(F)cnc32)c1. The first-order valence-corrected chi connectivity index (χ1v) is 11.8. The van der Waals surface area contributed by atoms with Gasteiger partial charge in [-0.1, -0.05) is 26.8 Å². The Morgan fingerprint density at radius 1 is 1.11 bits per heavy atom. The van der Waals surface area contributed by atoms with E-state index in [0.29, 0.717) is 31.4 Å². The van der Waals surface area contributed by atoms with Crippen molar-refractivity contribution in [3.8, 4) is 5.69 Å². The highest BCUT2D eigenvalue weighted by atomic mass is 19.1. The van der Waals surface area contributed by atoms with E-state index in [1.807, 2.05) is 20.8 Å². The first kappa shape index (κ1) is 25.3. The molecule has 0 radical (unpaired) electrons. The third-order valence-electron chi connectivity index (χ3n) is 6.50. The van der Waals surface area contributed by atoms with Crippen molar-refractivity contribution < 1.29 is 18.7 Å². The molecule has 1 saturated carbocycles. The smallest absolute Gasteiger partial charge is 0.337 e. The zero-order chi connectivity index (χ0) is 26.2. The number of hydrogen-bond donors (Lipinski definition) is 1. The lowest BCUT2D eigenvalue weighted by Crippen LogP contribution is -2.46. The van der Waals surface area contributed by atoms with Crippen LogP contribution in [0.25, 0.3) is 16.7 Å². The van der Waals surface area contributed by atoms with E-state index in [1.54, 1.807) is 18.2 Å². The van der Waals surface area contributed by atoms with Crippen LogP contribution in [0.1, 0.15) is 62.9 Å². The van der Waals surface area contributed by atoms with Crippen molar-refractivity contribution in [2.45, 2.75) is 58.5 Å². The van der Waals surface area contributed by atoms with Crippen molar-refractivity contribution in [3.63, 3.8) is 0 Å². The standard InChI is InChI=1S/C26H29FN4O5/c1-26(2,3)24(34)29-17-8-10-18(11-9-17)31-22(32)20-13-16(27)14-28-21(20)30(25(31)35)19-7-5-6-15(12-19)23(33)36-4/h5-7,12-14,17-18H,8-11H2,1-4H3,(H,29,34)/t17-,18+. The summed E-state index contributed by atoms with van der Waals surface area (Å²) >= 11 is 0. The first-order chi connectivity index (χ1) is 17.0. The van der Waals surface area contributed by atoms with Gasteiger partial charge >= 0.3 is 11.7 Å². The Morgan fingerprint density at radius 3 is 2.44 bits per heavy atom. The maximum absolute atomic E-state index is 14.1. The minimum absolute atomic E-state index is 0.00390. The number of ether oxygens (including phenoxy) is 1. The quantitative estimate of drug-likeness (QED) is 0.556. The van der Waals surface area contributed by atoms with Gasteiger partial charge < -0.3 is 10.1 Å². The minimum atomic E-state index is -0.701. The monoisotopic (exact) mass is 496 g/mol. The van der Waals surface area contributed by atoms with Crippen molar-refractivity contribution in [2.75, 3.05) is 7.11 Å². The predicted molar refractivity (Wildman–Crippen MR) is 132 cm³/mol. The van der Waals surface area contributed by atoms with Crippen LogP contribution in [0.3, 0.4) is 0 Å². The summed E-state index contributed by atoms with van der Waals surface area (Å²) in [7, 11) is 1.25. The van der Waals surface area contributed by atoms with Gasteiger partial charge in [0.25, 0.3) is 5.56 Å². The third kappa shape index (κ3) is 4.80. The van der Waals surface area contributed by atoms with Crippen LogP contribution in [0.15, 0.2) is 46.1 Å². The molecule has 1 amide bonds. The third-order valence-corrected chi connectivity index (χ3v) is 6.50. The van der Waals surface area contributed by atoms with Crippen molar-refractivity contribution in [3.05, 3.63) is 68.7 Å². The maximum atomic E-state index is 14.1. The molecule has 1 fully saturated rings. The zero-order valence-electron chi connectivity index (χ0n) is 20.7. The Labute approximate surface area is 206 Å². The number of nitrogens with zero attached hydrogens (tertiary/aromatic N) is 3. The molecule has 0 saturated heterocycles. The number of pyridine rings is 1. The van der Waals surface area contributed by atoms with Gasteiger partial charge in [-0.25, -0.2) is 23.5 Å². The maximum Gasteiger partial charge on any atom is 0.337 e. The number of carbonyl (C=O) groups is 2. The molecule has 4 rings (SSSR count). The number of benzene rings is 1. The second-order valence-electron chi connectivity index (χ2n) is 10.1. The fourth-order valence-electron chi connectivity index (χ4n) is 4.51. The summed E-state index contributed by atoms with van der Waals surface area (Å²) < 4.78 is 21.3. The highest BCUT2D eigenvalue weighted by Gasteiger charge is 2.30.